The molecule has 0 radical (unpaired) electrons. The van der Waals surface area contributed by atoms with E-state index in [2.05, 4.69) is 32.2 Å². The van der Waals surface area contributed by atoms with Gasteiger partial charge >= 0.3 is 0 Å². The second-order valence-electron chi connectivity index (χ2n) is 7.30. The molecule has 3 aromatic heterocycles. The first kappa shape index (κ1) is 20.5. The van der Waals surface area contributed by atoms with E-state index in [0.717, 1.165) is 40.5 Å². The third kappa shape index (κ3) is 4.25. The fourth-order valence-electron chi connectivity index (χ4n) is 3.23. The molecule has 1 aliphatic heterocycles. The van der Waals surface area contributed by atoms with Gasteiger partial charge in [-0.1, -0.05) is 0 Å². The van der Waals surface area contributed by atoms with Crippen LogP contribution in [0, 0.1) is 13.8 Å². The monoisotopic (exact) mass is 449 g/mol. The number of likely N-dealkylation sites (N-methyl/N-ethyl adjacent to an activating group) is 1. The largest absolute Gasteiger partial charge is 0.309 e. The Morgan fingerprint density at radius 1 is 1.34 bits per heavy atom. The van der Waals surface area contributed by atoms with Gasteiger partial charge in [-0.05, 0) is 33.4 Å². The van der Waals surface area contributed by atoms with Gasteiger partial charge in [0.1, 0.15) is 10.7 Å². The van der Waals surface area contributed by atoms with Crippen LogP contribution in [0.2, 0.25) is 0 Å². The number of rotatable bonds is 5. The average Bonchev–Trinajstić information content (AvgIpc) is 3.19. The second-order valence-corrected chi connectivity index (χ2v) is 10.9. The molecule has 0 saturated carbocycles. The van der Waals surface area contributed by atoms with Gasteiger partial charge in [-0.25, -0.2) is 9.97 Å². The summed E-state index contributed by atoms with van der Waals surface area (Å²) in [4.78, 5) is 42.3. The molecule has 4 heterocycles. The molecule has 1 amide bonds. The maximum atomic E-state index is 12.6. The molecule has 10 heteroatoms. The van der Waals surface area contributed by atoms with Crippen LogP contribution in [-0.2, 0) is 23.5 Å². The lowest BCUT2D eigenvalue weighted by Crippen LogP contribution is -2.25. The Kier molecular flexibility index (Phi) is 5.78. The van der Waals surface area contributed by atoms with Crippen molar-refractivity contribution in [2.75, 3.05) is 18.9 Å². The summed E-state index contributed by atoms with van der Waals surface area (Å²) in [6, 6.07) is 0. The summed E-state index contributed by atoms with van der Waals surface area (Å²) in [5, 5.41) is 3.99. The van der Waals surface area contributed by atoms with Crippen molar-refractivity contribution in [1.82, 2.24) is 19.9 Å². The molecule has 0 saturated heterocycles. The number of H-pyrrole nitrogens is 1. The molecule has 0 bridgehead atoms. The van der Waals surface area contributed by atoms with Gasteiger partial charge in [-0.3, -0.25) is 9.59 Å². The average molecular weight is 450 g/mol. The van der Waals surface area contributed by atoms with Gasteiger partial charge in [0.25, 0.3) is 5.56 Å². The molecule has 0 aromatic carbocycles. The molecular formula is C19H23N5O2S3. The van der Waals surface area contributed by atoms with Crippen LogP contribution in [0.4, 0.5) is 5.13 Å². The van der Waals surface area contributed by atoms with Crippen molar-refractivity contribution < 1.29 is 4.79 Å². The number of thioether (sulfide) groups is 1. The van der Waals surface area contributed by atoms with E-state index in [1.165, 1.54) is 28.0 Å². The van der Waals surface area contributed by atoms with E-state index in [4.69, 9.17) is 0 Å². The van der Waals surface area contributed by atoms with Gasteiger partial charge < -0.3 is 15.2 Å². The number of anilines is 1. The number of carbonyl (C=O) groups is 1. The van der Waals surface area contributed by atoms with Crippen LogP contribution in [0.15, 0.2) is 4.79 Å². The summed E-state index contributed by atoms with van der Waals surface area (Å²) in [6.45, 7) is 7.68. The summed E-state index contributed by atoms with van der Waals surface area (Å²) in [7, 11) is 2.09. The van der Waals surface area contributed by atoms with Crippen molar-refractivity contribution >= 4 is 55.7 Å². The maximum absolute atomic E-state index is 12.6. The van der Waals surface area contributed by atoms with Crippen LogP contribution < -0.4 is 10.9 Å². The van der Waals surface area contributed by atoms with Gasteiger partial charge in [0.15, 0.2) is 5.13 Å². The van der Waals surface area contributed by atoms with Crippen molar-refractivity contribution in [3.05, 3.63) is 37.2 Å². The Bertz CT molecular complexity index is 1130. The number of thiophene rings is 1. The van der Waals surface area contributed by atoms with Gasteiger partial charge in [0.2, 0.25) is 5.91 Å². The summed E-state index contributed by atoms with van der Waals surface area (Å²) in [5.41, 5.74) is 1.98. The Hall–Kier alpha value is -1.75. The highest BCUT2D eigenvalue weighted by molar-refractivity contribution is 7.99. The molecule has 1 aliphatic rings. The number of hydrogen-bond acceptors (Lipinski definition) is 8. The predicted octanol–water partition coefficient (Wildman–Crippen LogP) is 3.31. The summed E-state index contributed by atoms with van der Waals surface area (Å²) in [6.07, 6.45) is 0.922. The highest BCUT2D eigenvalue weighted by Gasteiger charge is 2.21. The Labute approximate surface area is 181 Å². The van der Waals surface area contributed by atoms with Gasteiger partial charge in [0.05, 0.1) is 22.1 Å². The van der Waals surface area contributed by atoms with Crippen LogP contribution in [0.25, 0.3) is 10.2 Å². The molecule has 2 N–H and O–H groups in total. The van der Waals surface area contributed by atoms with Crippen LogP contribution in [0.5, 0.6) is 0 Å². The first-order chi connectivity index (χ1) is 13.8. The lowest BCUT2D eigenvalue weighted by atomic mass is 10.2. The number of hydrogen-bond donors (Lipinski definition) is 2. The minimum atomic E-state index is -0.286. The van der Waals surface area contributed by atoms with E-state index in [9.17, 15) is 9.59 Å². The number of nitrogens with zero attached hydrogens (tertiary/aromatic N) is 3. The van der Waals surface area contributed by atoms with E-state index in [0.29, 0.717) is 22.1 Å². The topological polar surface area (TPSA) is 91.0 Å². The molecular weight excluding hydrogens is 426 g/mol. The summed E-state index contributed by atoms with van der Waals surface area (Å²) < 4.78 is 0. The number of aryl methyl sites for hydroxylation is 2. The Morgan fingerprint density at radius 3 is 2.93 bits per heavy atom. The first-order valence-corrected chi connectivity index (χ1v) is 12.1. The Balaban J connectivity index is 1.39. The fraction of sp³-hybridized carbons (Fsp3) is 0.474. The molecule has 0 fully saturated rings. The third-order valence-electron chi connectivity index (χ3n) is 5.08. The van der Waals surface area contributed by atoms with Crippen LogP contribution in [-0.4, -0.2) is 44.6 Å². The predicted molar refractivity (Wildman–Crippen MR) is 121 cm³/mol. The summed E-state index contributed by atoms with van der Waals surface area (Å²) >= 11 is 4.54. The number of amides is 1. The zero-order chi connectivity index (χ0) is 20.7. The van der Waals surface area contributed by atoms with E-state index >= 15 is 0 Å². The highest BCUT2D eigenvalue weighted by atomic mass is 32.2. The van der Waals surface area contributed by atoms with Gasteiger partial charge in [-0.2, -0.15) is 0 Å². The zero-order valence-electron chi connectivity index (χ0n) is 16.8. The van der Waals surface area contributed by atoms with Gasteiger partial charge in [0, 0.05) is 29.3 Å². The van der Waals surface area contributed by atoms with Crippen molar-refractivity contribution in [2.45, 2.75) is 44.7 Å². The third-order valence-corrected chi connectivity index (χ3v) is 8.33. The SMILES string of the molecule is Cc1sc2nc(CS[C@@H](C)C(=O)Nc3nc4c(s3)CN(C)CC4)[nH]c(=O)c2c1C. The molecule has 29 heavy (non-hydrogen) atoms. The molecule has 3 aromatic rings. The normalized spacial score (nSPS) is 15.4. The number of thiazole rings is 1. The molecule has 1 atom stereocenters. The maximum Gasteiger partial charge on any atom is 0.259 e. The molecule has 0 aliphatic carbocycles. The van der Waals surface area contributed by atoms with Crippen molar-refractivity contribution in [3.63, 3.8) is 0 Å². The molecule has 7 nitrogen and oxygen atoms in total. The van der Waals surface area contributed by atoms with Crippen LogP contribution in [0.3, 0.4) is 0 Å². The van der Waals surface area contributed by atoms with E-state index in [1.807, 2.05) is 20.8 Å². The van der Waals surface area contributed by atoms with Crippen LogP contribution >= 0.6 is 34.4 Å². The fourth-order valence-corrected chi connectivity index (χ4v) is 6.13. The Morgan fingerprint density at radius 2 is 2.14 bits per heavy atom. The van der Waals surface area contributed by atoms with Crippen molar-refractivity contribution in [3.8, 4) is 0 Å². The van der Waals surface area contributed by atoms with E-state index < -0.39 is 0 Å². The minimum absolute atomic E-state index is 0.0827. The number of aromatic nitrogens is 3. The highest BCUT2D eigenvalue weighted by Crippen LogP contribution is 2.29. The zero-order valence-corrected chi connectivity index (χ0v) is 19.2. The van der Waals surface area contributed by atoms with Gasteiger partial charge in [-0.15, -0.1) is 34.4 Å². The lowest BCUT2D eigenvalue weighted by molar-refractivity contribution is -0.115. The number of nitrogens with one attached hydrogen (secondary N) is 2. The van der Waals surface area contributed by atoms with Crippen molar-refractivity contribution in [2.24, 2.45) is 0 Å². The second kappa shape index (κ2) is 8.17. The summed E-state index contributed by atoms with van der Waals surface area (Å²) in [5.74, 6) is 0.983. The number of carbonyl (C=O) groups excluding carboxylic acids is 1. The minimum Gasteiger partial charge on any atom is -0.309 e. The van der Waals surface area contributed by atoms with E-state index in [-0.39, 0.29) is 16.7 Å². The van der Waals surface area contributed by atoms with E-state index in [1.54, 1.807) is 11.3 Å². The number of aromatic amines is 1. The molecule has 4 rings (SSSR count). The standard InChI is InChI=1S/C19H23N5O2S3/c1-9-10(2)28-18-15(9)17(26)21-14(22-18)8-27-11(3)16(25)23-19-20-12-5-6-24(4)7-13(12)29-19/h11H,5-8H2,1-4H3,(H,20,23,25)(H,21,22,26)/t11-/m0/s1. The molecule has 0 spiro atoms. The van der Waals surface area contributed by atoms with Crippen molar-refractivity contribution in [1.29, 1.82) is 0 Å². The number of fused-ring (bicyclic) bond motifs is 2. The molecule has 154 valence electrons. The lowest BCUT2D eigenvalue weighted by Gasteiger charge is -2.20. The molecule has 0 unspecified atom stereocenters. The quantitative estimate of drug-likeness (QED) is 0.621. The smallest absolute Gasteiger partial charge is 0.259 e. The first-order valence-electron chi connectivity index (χ1n) is 9.40. The van der Waals surface area contributed by atoms with Crippen LogP contribution in [0.1, 0.15) is 33.8 Å².